The van der Waals surface area contributed by atoms with Gasteiger partial charge in [0, 0.05) is 0 Å². The van der Waals surface area contributed by atoms with Gasteiger partial charge in [0.15, 0.2) is 6.61 Å². The first-order chi connectivity index (χ1) is 12.8. The average Bonchev–Trinajstić information content (AvgIpc) is 2.67. The van der Waals surface area contributed by atoms with E-state index in [1.807, 2.05) is 12.1 Å². The van der Waals surface area contributed by atoms with Crippen molar-refractivity contribution in [2.75, 3.05) is 6.61 Å². The van der Waals surface area contributed by atoms with Crippen LogP contribution < -0.4 is 0 Å². The zero-order chi connectivity index (χ0) is 19.9. The van der Waals surface area contributed by atoms with Gasteiger partial charge in [-0.15, -0.1) is 0 Å². The molecule has 6 heteroatoms. The highest BCUT2D eigenvalue weighted by atomic mass is 19.3. The molecule has 0 aromatic heterocycles. The second-order valence-electron chi connectivity index (χ2n) is 6.37. The molecule has 2 rings (SSSR count). The summed E-state index contributed by atoms with van der Waals surface area (Å²) in [4.78, 5) is 11.7. The lowest BCUT2D eigenvalue weighted by molar-refractivity contribution is -0.155. The number of carbonyl (C=O) groups is 1. The summed E-state index contributed by atoms with van der Waals surface area (Å²) in [6, 6.07) is 14.2. The predicted octanol–water partition coefficient (Wildman–Crippen LogP) is 6.14. The van der Waals surface area contributed by atoms with Gasteiger partial charge in [-0.1, -0.05) is 56.2 Å². The molecule has 2 aromatic carbocycles. The van der Waals surface area contributed by atoms with Crippen molar-refractivity contribution in [1.29, 1.82) is 0 Å². The molecule has 27 heavy (non-hydrogen) atoms. The number of hydrogen-bond donors (Lipinski definition) is 0. The molecule has 0 fully saturated rings. The summed E-state index contributed by atoms with van der Waals surface area (Å²) in [5, 5.41) is 0. The third-order valence-electron chi connectivity index (χ3n) is 4.19. The van der Waals surface area contributed by atoms with Crippen LogP contribution in [-0.2, 0) is 11.2 Å². The van der Waals surface area contributed by atoms with Gasteiger partial charge in [-0.2, -0.15) is 8.78 Å². The second kappa shape index (κ2) is 9.53. The van der Waals surface area contributed by atoms with Gasteiger partial charge in [0.25, 0.3) is 0 Å². The number of halogens is 4. The number of esters is 1. The first kappa shape index (κ1) is 20.9. The summed E-state index contributed by atoms with van der Waals surface area (Å²) in [5.41, 5.74) is 3.09. The largest absolute Gasteiger partial charge is 0.455 e. The highest BCUT2D eigenvalue weighted by Crippen LogP contribution is 2.24. The lowest BCUT2D eigenvalue weighted by Crippen LogP contribution is -2.33. The van der Waals surface area contributed by atoms with E-state index in [4.69, 9.17) is 0 Å². The third kappa shape index (κ3) is 6.08. The smallest absolute Gasteiger partial charge is 0.340 e. The average molecular weight is 382 g/mol. The standard InChI is InChI=1S/C21H22F4O2/c1-2-3-4-5-15-6-8-16(9-7-15)17-10-12-18(13-11-17)19(26)27-14-21(24,25)20(22)23/h6-13,20H,2-5,14H2,1H3. The lowest BCUT2D eigenvalue weighted by Gasteiger charge is -2.15. The molecular formula is C21H22F4O2. The molecule has 0 aliphatic heterocycles. The van der Waals surface area contributed by atoms with Crippen LogP contribution >= 0.6 is 0 Å². The van der Waals surface area contributed by atoms with E-state index in [-0.39, 0.29) is 5.56 Å². The number of aryl methyl sites for hydroxylation is 1. The van der Waals surface area contributed by atoms with Crippen molar-refractivity contribution < 1.29 is 27.1 Å². The molecule has 0 heterocycles. The van der Waals surface area contributed by atoms with E-state index < -0.39 is 24.9 Å². The monoisotopic (exact) mass is 382 g/mol. The highest BCUT2D eigenvalue weighted by molar-refractivity contribution is 5.90. The normalized spacial score (nSPS) is 11.6. The minimum absolute atomic E-state index is 0.0278. The summed E-state index contributed by atoms with van der Waals surface area (Å²) >= 11 is 0. The molecule has 0 N–H and O–H groups in total. The van der Waals surface area contributed by atoms with Crippen LogP contribution in [0.3, 0.4) is 0 Å². The van der Waals surface area contributed by atoms with Crippen LogP contribution in [0, 0.1) is 0 Å². The number of alkyl halides is 4. The van der Waals surface area contributed by atoms with Crippen molar-refractivity contribution >= 4 is 5.97 Å². The predicted molar refractivity (Wildman–Crippen MR) is 96.3 cm³/mol. The van der Waals surface area contributed by atoms with Crippen molar-refractivity contribution in [1.82, 2.24) is 0 Å². The number of carbonyl (C=O) groups excluding carboxylic acids is 1. The van der Waals surface area contributed by atoms with Crippen molar-refractivity contribution in [3.63, 3.8) is 0 Å². The van der Waals surface area contributed by atoms with E-state index in [1.165, 1.54) is 30.5 Å². The summed E-state index contributed by atoms with van der Waals surface area (Å²) in [5.74, 6) is -5.41. The van der Waals surface area contributed by atoms with Crippen molar-refractivity contribution in [2.45, 2.75) is 45.0 Å². The van der Waals surface area contributed by atoms with Crippen molar-refractivity contribution in [3.05, 3.63) is 59.7 Å². The van der Waals surface area contributed by atoms with E-state index >= 15 is 0 Å². The van der Waals surface area contributed by atoms with E-state index in [0.717, 1.165) is 24.0 Å². The van der Waals surface area contributed by atoms with Gasteiger partial charge in [-0.25, -0.2) is 13.6 Å². The molecule has 0 bridgehead atoms. The fourth-order valence-electron chi connectivity index (χ4n) is 2.55. The number of ether oxygens (including phenoxy) is 1. The van der Waals surface area contributed by atoms with Crippen LogP contribution in [0.1, 0.15) is 42.1 Å². The molecule has 0 atom stereocenters. The highest BCUT2D eigenvalue weighted by Gasteiger charge is 2.42. The first-order valence-corrected chi connectivity index (χ1v) is 8.86. The maximum absolute atomic E-state index is 12.8. The Morgan fingerprint density at radius 2 is 1.52 bits per heavy atom. The maximum Gasteiger partial charge on any atom is 0.340 e. The van der Waals surface area contributed by atoms with Crippen LogP contribution in [0.15, 0.2) is 48.5 Å². The van der Waals surface area contributed by atoms with Gasteiger partial charge < -0.3 is 4.74 Å². The Labute approximate surface area is 156 Å². The summed E-state index contributed by atoms with van der Waals surface area (Å²) in [7, 11) is 0. The minimum Gasteiger partial charge on any atom is -0.455 e. The molecule has 2 nitrogen and oxygen atoms in total. The number of hydrogen-bond acceptors (Lipinski definition) is 2. The van der Waals surface area contributed by atoms with E-state index in [1.54, 1.807) is 12.1 Å². The molecular weight excluding hydrogens is 360 g/mol. The summed E-state index contributed by atoms with van der Waals surface area (Å²) in [6.07, 6.45) is 0.673. The van der Waals surface area contributed by atoms with Gasteiger partial charge in [0.2, 0.25) is 0 Å². The van der Waals surface area contributed by atoms with Crippen LogP contribution in [0.5, 0.6) is 0 Å². The molecule has 0 unspecified atom stereocenters. The van der Waals surface area contributed by atoms with Crippen molar-refractivity contribution in [3.8, 4) is 11.1 Å². The fourth-order valence-corrected chi connectivity index (χ4v) is 2.55. The molecule has 0 radical (unpaired) electrons. The Hall–Kier alpha value is -2.37. The first-order valence-electron chi connectivity index (χ1n) is 8.86. The second-order valence-corrected chi connectivity index (χ2v) is 6.37. The molecule has 146 valence electrons. The van der Waals surface area contributed by atoms with Gasteiger partial charge in [-0.3, -0.25) is 0 Å². The molecule has 2 aromatic rings. The SMILES string of the molecule is CCCCCc1ccc(-c2ccc(C(=O)OCC(F)(F)C(F)F)cc2)cc1. The van der Waals surface area contributed by atoms with E-state index in [0.29, 0.717) is 0 Å². The number of unbranched alkanes of at least 4 members (excludes halogenated alkanes) is 2. The van der Waals surface area contributed by atoms with Crippen LogP contribution in [0.25, 0.3) is 11.1 Å². The quantitative estimate of drug-likeness (QED) is 0.296. The topological polar surface area (TPSA) is 26.3 Å². The molecule has 0 amide bonds. The minimum atomic E-state index is -4.35. The maximum atomic E-state index is 12.8. The van der Waals surface area contributed by atoms with E-state index in [9.17, 15) is 22.4 Å². The summed E-state index contributed by atoms with van der Waals surface area (Å²) in [6.45, 7) is 0.512. The van der Waals surface area contributed by atoms with Gasteiger partial charge in [-0.05, 0) is 41.7 Å². The van der Waals surface area contributed by atoms with Gasteiger partial charge in [0.05, 0.1) is 5.56 Å². The molecule has 0 aliphatic carbocycles. The Kier molecular flexibility index (Phi) is 7.39. The molecule has 0 spiro atoms. The Bertz CT molecular complexity index is 725. The van der Waals surface area contributed by atoms with E-state index in [2.05, 4.69) is 23.8 Å². The van der Waals surface area contributed by atoms with Crippen LogP contribution in [0.2, 0.25) is 0 Å². The molecule has 0 saturated carbocycles. The Morgan fingerprint density at radius 3 is 2.04 bits per heavy atom. The molecule has 0 saturated heterocycles. The zero-order valence-corrected chi connectivity index (χ0v) is 15.1. The third-order valence-corrected chi connectivity index (χ3v) is 4.19. The zero-order valence-electron chi connectivity index (χ0n) is 15.1. The molecule has 0 aliphatic rings. The Morgan fingerprint density at radius 1 is 0.963 bits per heavy atom. The van der Waals surface area contributed by atoms with Gasteiger partial charge in [0.1, 0.15) is 0 Å². The van der Waals surface area contributed by atoms with Crippen LogP contribution in [-0.4, -0.2) is 24.9 Å². The fraction of sp³-hybridized carbons (Fsp3) is 0.381. The van der Waals surface area contributed by atoms with Crippen molar-refractivity contribution in [2.24, 2.45) is 0 Å². The Balaban J connectivity index is 1.97. The van der Waals surface area contributed by atoms with Crippen LogP contribution in [0.4, 0.5) is 17.6 Å². The van der Waals surface area contributed by atoms with Gasteiger partial charge >= 0.3 is 18.3 Å². The lowest BCUT2D eigenvalue weighted by atomic mass is 10.0. The number of rotatable bonds is 9. The summed E-state index contributed by atoms with van der Waals surface area (Å²) < 4.78 is 54.1. The number of benzene rings is 2.